The van der Waals surface area contributed by atoms with E-state index >= 15 is 26.3 Å². The molecular weight excluding hydrogens is 514 g/mol. The molecule has 0 atom stereocenters. The van der Waals surface area contributed by atoms with Gasteiger partial charge in [0.15, 0.2) is 0 Å². The molecule has 1 aliphatic rings. The molecule has 5 rings (SSSR count). The molecule has 0 radical (unpaired) electrons. The van der Waals surface area contributed by atoms with E-state index in [1.165, 1.54) is 31.3 Å². The van der Waals surface area contributed by atoms with Gasteiger partial charge in [-0.05, 0) is 37.0 Å². The number of aryl methyl sites for hydroxylation is 1. The molecule has 2 aromatic carbocycles. The summed E-state index contributed by atoms with van der Waals surface area (Å²) in [7, 11) is 0. The maximum absolute atomic E-state index is 15.7. The molecule has 0 nitrogen and oxygen atoms in total. The molecule has 0 saturated carbocycles. The minimum absolute atomic E-state index is 0.200. The fourth-order valence-corrected chi connectivity index (χ4v) is 7.39. The number of hydrogen-bond acceptors (Lipinski definition) is 2. The molecule has 0 amide bonds. The van der Waals surface area contributed by atoms with Gasteiger partial charge in [-0.1, -0.05) is 62.4 Å². The second-order valence-electron chi connectivity index (χ2n) is 9.32. The lowest BCUT2D eigenvalue weighted by Gasteiger charge is -2.26. The highest BCUT2D eigenvalue weighted by Crippen LogP contribution is 2.67. The lowest BCUT2D eigenvalue weighted by molar-refractivity contribution is -0.254. The van der Waals surface area contributed by atoms with Crippen molar-refractivity contribution in [2.45, 2.75) is 51.4 Å². The van der Waals surface area contributed by atoms with E-state index < -0.39 is 28.9 Å². The second kappa shape index (κ2) is 8.21. The number of alkyl halides is 6. The largest absolute Gasteiger partial charge is 0.380 e. The SMILES string of the molecule is Cc1sc(-c2ccccc2)c(C)c1C1=C(c2c(C(C)C)sc3ccccc23)C(F)(F)C(F)(F)C1(F)F. The Morgan fingerprint density at radius 1 is 0.694 bits per heavy atom. The zero-order valence-electron chi connectivity index (χ0n) is 19.9. The highest BCUT2D eigenvalue weighted by molar-refractivity contribution is 7.19. The van der Waals surface area contributed by atoms with Crippen molar-refractivity contribution in [3.63, 3.8) is 0 Å². The summed E-state index contributed by atoms with van der Waals surface area (Å²) < 4.78 is 93.3. The van der Waals surface area contributed by atoms with E-state index in [-0.39, 0.29) is 32.9 Å². The summed E-state index contributed by atoms with van der Waals surface area (Å²) in [5.74, 6) is -16.1. The van der Waals surface area contributed by atoms with Crippen LogP contribution in [0.3, 0.4) is 0 Å². The van der Waals surface area contributed by atoms with Crippen molar-refractivity contribution in [1.29, 1.82) is 0 Å². The van der Waals surface area contributed by atoms with Crippen LogP contribution in [-0.2, 0) is 0 Å². The minimum atomic E-state index is -5.59. The summed E-state index contributed by atoms with van der Waals surface area (Å²) in [6.45, 7) is 6.54. The summed E-state index contributed by atoms with van der Waals surface area (Å²) >= 11 is 2.31. The van der Waals surface area contributed by atoms with Gasteiger partial charge in [-0.25, -0.2) is 0 Å². The number of hydrogen-bond donors (Lipinski definition) is 0. The Hall–Kier alpha value is -2.58. The quantitative estimate of drug-likeness (QED) is 0.228. The van der Waals surface area contributed by atoms with Crippen molar-refractivity contribution in [1.82, 2.24) is 0 Å². The molecule has 0 spiro atoms. The standard InChI is InChI=1S/C28H22F6S2/c1-14(2)24-21(18-12-8-9-13-19(18)36-24)23-22(26(29,30)28(33,34)27(23,31)32)20-15(3)25(35-16(20)4)17-10-6-5-7-11-17/h5-14H,1-4H3. The van der Waals surface area contributed by atoms with E-state index in [4.69, 9.17) is 0 Å². The first-order chi connectivity index (χ1) is 16.8. The first kappa shape index (κ1) is 25.1. The molecule has 36 heavy (non-hydrogen) atoms. The number of benzene rings is 2. The van der Waals surface area contributed by atoms with Crippen molar-refractivity contribution >= 4 is 43.9 Å². The van der Waals surface area contributed by atoms with Crippen LogP contribution in [0.2, 0.25) is 0 Å². The number of thiophene rings is 2. The van der Waals surface area contributed by atoms with Gasteiger partial charge < -0.3 is 0 Å². The molecule has 2 aromatic heterocycles. The van der Waals surface area contributed by atoms with Gasteiger partial charge in [0.05, 0.1) is 0 Å². The molecule has 0 bridgehead atoms. The summed E-state index contributed by atoms with van der Waals surface area (Å²) in [4.78, 5) is 1.26. The lowest BCUT2D eigenvalue weighted by Crippen LogP contribution is -2.49. The fraction of sp³-hybridized carbons (Fsp3) is 0.286. The van der Waals surface area contributed by atoms with Gasteiger partial charge in [0, 0.05) is 47.0 Å². The van der Waals surface area contributed by atoms with Crippen LogP contribution in [0.5, 0.6) is 0 Å². The van der Waals surface area contributed by atoms with Crippen LogP contribution < -0.4 is 0 Å². The van der Waals surface area contributed by atoms with Crippen LogP contribution in [0.15, 0.2) is 54.6 Å². The van der Waals surface area contributed by atoms with Gasteiger partial charge in [0.1, 0.15) is 0 Å². The Bertz CT molecular complexity index is 1510. The number of halogens is 6. The smallest absolute Gasteiger partial charge is 0.194 e. The Morgan fingerprint density at radius 2 is 1.25 bits per heavy atom. The normalized spacial score (nSPS) is 18.5. The van der Waals surface area contributed by atoms with E-state index in [1.54, 1.807) is 62.4 Å². The molecule has 188 valence electrons. The maximum Gasteiger partial charge on any atom is 0.380 e. The first-order valence-electron chi connectivity index (χ1n) is 11.4. The monoisotopic (exact) mass is 536 g/mol. The third kappa shape index (κ3) is 3.26. The lowest BCUT2D eigenvalue weighted by atomic mass is 9.89. The molecule has 4 aromatic rings. The zero-order valence-corrected chi connectivity index (χ0v) is 21.5. The summed E-state index contributed by atoms with van der Waals surface area (Å²) in [6.07, 6.45) is 0. The van der Waals surface area contributed by atoms with Gasteiger partial charge in [0.2, 0.25) is 0 Å². The summed E-state index contributed by atoms with van der Waals surface area (Å²) in [5.41, 5.74) is -1.96. The molecule has 0 N–H and O–H groups in total. The van der Waals surface area contributed by atoms with Gasteiger partial charge in [-0.15, -0.1) is 22.7 Å². The maximum atomic E-state index is 15.7. The number of allylic oxidation sites excluding steroid dienone is 2. The predicted molar refractivity (Wildman–Crippen MR) is 137 cm³/mol. The fourth-order valence-electron chi connectivity index (χ4n) is 5.00. The van der Waals surface area contributed by atoms with E-state index in [0.717, 1.165) is 11.3 Å². The van der Waals surface area contributed by atoms with E-state index in [9.17, 15) is 0 Å². The van der Waals surface area contributed by atoms with E-state index in [1.807, 2.05) is 0 Å². The second-order valence-corrected chi connectivity index (χ2v) is 11.6. The summed E-state index contributed by atoms with van der Waals surface area (Å²) in [5, 5.41) is 0.278. The Morgan fingerprint density at radius 3 is 1.86 bits per heavy atom. The average Bonchev–Trinajstić information content (AvgIpc) is 3.37. The Kier molecular flexibility index (Phi) is 5.72. The highest BCUT2D eigenvalue weighted by atomic mass is 32.1. The van der Waals surface area contributed by atoms with E-state index in [2.05, 4.69) is 0 Å². The molecule has 0 aliphatic heterocycles. The van der Waals surface area contributed by atoms with Crippen LogP contribution in [0.25, 0.3) is 31.7 Å². The Balaban J connectivity index is 1.94. The van der Waals surface area contributed by atoms with Crippen molar-refractivity contribution in [2.24, 2.45) is 0 Å². The third-order valence-corrected chi connectivity index (χ3v) is 9.40. The molecule has 0 fully saturated rings. The van der Waals surface area contributed by atoms with Gasteiger partial charge in [-0.2, -0.15) is 26.3 Å². The first-order valence-corrected chi connectivity index (χ1v) is 13.0. The molecule has 2 heterocycles. The van der Waals surface area contributed by atoms with E-state index in [0.29, 0.717) is 20.0 Å². The Labute approximate surface area is 212 Å². The van der Waals surface area contributed by atoms with Crippen molar-refractivity contribution < 1.29 is 26.3 Å². The van der Waals surface area contributed by atoms with Gasteiger partial charge in [-0.3, -0.25) is 0 Å². The van der Waals surface area contributed by atoms with Gasteiger partial charge >= 0.3 is 17.8 Å². The molecule has 0 saturated heterocycles. The zero-order chi connectivity index (χ0) is 26.2. The van der Waals surface area contributed by atoms with Crippen LogP contribution in [0.1, 0.15) is 46.2 Å². The molecule has 1 aliphatic carbocycles. The van der Waals surface area contributed by atoms with Crippen molar-refractivity contribution in [3.8, 4) is 10.4 Å². The average molecular weight is 537 g/mol. The third-order valence-electron chi connectivity index (χ3n) is 6.67. The van der Waals surface area contributed by atoms with Crippen molar-refractivity contribution in [3.05, 3.63) is 81.0 Å². The minimum Gasteiger partial charge on any atom is -0.194 e. The number of fused-ring (bicyclic) bond motifs is 1. The highest BCUT2D eigenvalue weighted by Gasteiger charge is 2.80. The predicted octanol–water partition coefficient (Wildman–Crippen LogP) is 10.2. The number of rotatable bonds is 4. The van der Waals surface area contributed by atoms with Crippen LogP contribution in [0, 0.1) is 13.8 Å². The topological polar surface area (TPSA) is 0 Å². The van der Waals surface area contributed by atoms with Gasteiger partial charge in [0.25, 0.3) is 0 Å². The van der Waals surface area contributed by atoms with Crippen LogP contribution in [0.4, 0.5) is 26.3 Å². The summed E-state index contributed by atoms with van der Waals surface area (Å²) in [6, 6.07) is 15.4. The molecule has 0 unspecified atom stereocenters. The van der Waals surface area contributed by atoms with Crippen LogP contribution in [-0.4, -0.2) is 17.8 Å². The van der Waals surface area contributed by atoms with Crippen LogP contribution >= 0.6 is 22.7 Å². The van der Waals surface area contributed by atoms with Crippen molar-refractivity contribution in [2.75, 3.05) is 0 Å². The molecule has 8 heteroatoms. The molecular formula is C28H22F6S2.